The van der Waals surface area contributed by atoms with Crippen molar-refractivity contribution in [3.63, 3.8) is 0 Å². The predicted octanol–water partition coefficient (Wildman–Crippen LogP) is -0.131. The number of piperidine rings is 1. The molecule has 0 spiro atoms. The van der Waals surface area contributed by atoms with Gasteiger partial charge in [0.05, 0.1) is 11.7 Å². The summed E-state index contributed by atoms with van der Waals surface area (Å²) >= 11 is 0. The number of hydrogen-bond donors (Lipinski definition) is 2. The monoisotopic (exact) mass is 272 g/mol. The van der Waals surface area contributed by atoms with Gasteiger partial charge in [0.25, 0.3) is 5.91 Å². The second kappa shape index (κ2) is 4.76. The zero-order valence-corrected chi connectivity index (χ0v) is 10.5. The van der Waals surface area contributed by atoms with Crippen molar-refractivity contribution in [2.75, 3.05) is 0 Å². The fourth-order valence-electron chi connectivity index (χ4n) is 2.17. The number of fused-ring (bicyclic) bond motifs is 1. The summed E-state index contributed by atoms with van der Waals surface area (Å²) < 4.78 is 1.64. The minimum atomic E-state index is -0.698. The second-order valence-electron chi connectivity index (χ2n) is 4.55. The van der Waals surface area contributed by atoms with Crippen LogP contribution in [0.25, 0.3) is 5.52 Å². The van der Waals surface area contributed by atoms with Crippen LogP contribution in [0.3, 0.4) is 0 Å². The van der Waals surface area contributed by atoms with E-state index in [0.29, 0.717) is 6.42 Å². The van der Waals surface area contributed by atoms with Crippen molar-refractivity contribution >= 4 is 23.2 Å². The maximum atomic E-state index is 12.2. The summed E-state index contributed by atoms with van der Waals surface area (Å²) in [5, 5.41) is 4.79. The topological polar surface area (TPSA) is 92.6 Å². The third-order valence-corrected chi connectivity index (χ3v) is 3.19. The van der Waals surface area contributed by atoms with Gasteiger partial charge in [-0.05, 0) is 18.6 Å². The van der Waals surface area contributed by atoms with Crippen LogP contribution in [0.2, 0.25) is 0 Å². The van der Waals surface area contributed by atoms with Crippen LogP contribution in [0.1, 0.15) is 23.5 Å². The van der Waals surface area contributed by atoms with E-state index < -0.39 is 17.9 Å². The van der Waals surface area contributed by atoms with Gasteiger partial charge in [0.1, 0.15) is 6.04 Å². The molecule has 2 aromatic rings. The van der Waals surface area contributed by atoms with Crippen molar-refractivity contribution in [3.05, 3.63) is 36.4 Å². The van der Waals surface area contributed by atoms with E-state index in [9.17, 15) is 14.4 Å². The fraction of sp³-hybridized carbons (Fsp3) is 0.231. The van der Waals surface area contributed by atoms with Crippen LogP contribution in [-0.2, 0) is 9.59 Å². The maximum Gasteiger partial charge on any atom is 0.288 e. The van der Waals surface area contributed by atoms with E-state index in [1.165, 1.54) is 0 Å². The van der Waals surface area contributed by atoms with E-state index in [-0.39, 0.29) is 18.2 Å². The van der Waals surface area contributed by atoms with Crippen molar-refractivity contribution in [1.82, 2.24) is 20.0 Å². The molecule has 102 valence electrons. The number of aromatic nitrogens is 2. The van der Waals surface area contributed by atoms with Crippen LogP contribution in [-0.4, -0.2) is 33.1 Å². The highest BCUT2D eigenvalue weighted by Crippen LogP contribution is 2.08. The molecule has 2 aromatic heterocycles. The number of nitrogens with zero attached hydrogens (tertiary/aromatic N) is 2. The van der Waals surface area contributed by atoms with Crippen molar-refractivity contribution in [2.45, 2.75) is 18.9 Å². The summed E-state index contributed by atoms with van der Waals surface area (Å²) in [6.45, 7) is 0. The summed E-state index contributed by atoms with van der Waals surface area (Å²) in [5.74, 6) is -1.02. The van der Waals surface area contributed by atoms with E-state index in [0.717, 1.165) is 5.52 Å². The number of amides is 3. The lowest BCUT2D eigenvalue weighted by atomic mass is 10.1. The van der Waals surface area contributed by atoms with Crippen LogP contribution in [0.4, 0.5) is 0 Å². The van der Waals surface area contributed by atoms with Crippen molar-refractivity contribution in [2.24, 2.45) is 0 Å². The van der Waals surface area contributed by atoms with Gasteiger partial charge >= 0.3 is 0 Å². The first-order chi connectivity index (χ1) is 9.65. The van der Waals surface area contributed by atoms with Crippen LogP contribution in [0.5, 0.6) is 0 Å². The Morgan fingerprint density at radius 1 is 1.40 bits per heavy atom. The highest BCUT2D eigenvalue weighted by Gasteiger charge is 2.28. The molecule has 0 radical (unpaired) electrons. The molecule has 1 saturated heterocycles. The second-order valence-corrected chi connectivity index (χ2v) is 4.55. The number of rotatable bonds is 2. The Kier molecular flexibility index (Phi) is 2.94. The van der Waals surface area contributed by atoms with E-state index >= 15 is 0 Å². The SMILES string of the molecule is O=C1CCC(NC(=O)c2ncc3ccccn23)C(=O)N1. The fourth-order valence-corrected chi connectivity index (χ4v) is 2.17. The third-order valence-electron chi connectivity index (χ3n) is 3.19. The molecule has 2 N–H and O–H groups in total. The van der Waals surface area contributed by atoms with Crippen molar-refractivity contribution in [3.8, 4) is 0 Å². The van der Waals surface area contributed by atoms with Crippen molar-refractivity contribution < 1.29 is 14.4 Å². The predicted molar refractivity (Wildman–Crippen MR) is 68.8 cm³/mol. The first kappa shape index (κ1) is 12.3. The number of hydrogen-bond acceptors (Lipinski definition) is 4. The maximum absolute atomic E-state index is 12.2. The quantitative estimate of drug-likeness (QED) is 0.745. The Morgan fingerprint density at radius 3 is 3.05 bits per heavy atom. The summed E-state index contributed by atoms with van der Waals surface area (Å²) in [6.07, 6.45) is 3.83. The number of pyridine rings is 1. The summed E-state index contributed by atoms with van der Waals surface area (Å²) in [6, 6.07) is 4.77. The molecule has 1 unspecified atom stereocenters. The number of imidazole rings is 1. The smallest absolute Gasteiger partial charge is 0.288 e. The normalized spacial score (nSPS) is 18.9. The van der Waals surface area contributed by atoms with E-state index in [1.54, 1.807) is 22.9 Å². The van der Waals surface area contributed by atoms with E-state index in [4.69, 9.17) is 0 Å². The minimum Gasteiger partial charge on any atom is -0.338 e. The van der Waals surface area contributed by atoms with Gasteiger partial charge in [-0.15, -0.1) is 0 Å². The average molecular weight is 272 g/mol. The van der Waals surface area contributed by atoms with E-state index in [2.05, 4.69) is 15.6 Å². The highest BCUT2D eigenvalue weighted by atomic mass is 16.2. The van der Waals surface area contributed by atoms with Crippen LogP contribution >= 0.6 is 0 Å². The van der Waals surface area contributed by atoms with Gasteiger partial charge in [-0.1, -0.05) is 6.07 Å². The van der Waals surface area contributed by atoms with Gasteiger partial charge in [-0.25, -0.2) is 4.98 Å². The molecule has 1 fully saturated rings. The largest absolute Gasteiger partial charge is 0.338 e. The molecule has 1 atom stereocenters. The van der Waals surface area contributed by atoms with E-state index in [1.807, 2.05) is 12.1 Å². The number of nitrogens with one attached hydrogen (secondary N) is 2. The Bertz CT molecular complexity index is 706. The third kappa shape index (κ3) is 2.13. The lowest BCUT2D eigenvalue weighted by Gasteiger charge is -2.21. The lowest BCUT2D eigenvalue weighted by molar-refractivity contribution is -0.134. The molecule has 7 nitrogen and oxygen atoms in total. The summed E-state index contributed by atoms with van der Waals surface area (Å²) in [4.78, 5) is 38.9. The van der Waals surface area contributed by atoms with Crippen molar-refractivity contribution in [1.29, 1.82) is 0 Å². The number of carbonyl (C=O) groups excluding carboxylic acids is 3. The van der Waals surface area contributed by atoms with Gasteiger partial charge in [0, 0.05) is 12.6 Å². The van der Waals surface area contributed by atoms with Crippen LogP contribution in [0.15, 0.2) is 30.6 Å². The molecule has 3 rings (SSSR count). The molecule has 0 saturated carbocycles. The van der Waals surface area contributed by atoms with Gasteiger partial charge < -0.3 is 5.32 Å². The van der Waals surface area contributed by atoms with Crippen LogP contribution in [0, 0.1) is 0 Å². The van der Waals surface area contributed by atoms with Gasteiger partial charge in [-0.2, -0.15) is 0 Å². The molecule has 3 heterocycles. The Morgan fingerprint density at radius 2 is 2.25 bits per heavy atom. The number of imide groups is 1. The molecule has 3 amide bonds. The summed E-state index contributed by atoms with van der Waals surface area (Å²) in [5.41, 5.74) is 0.793. The molecule has 0 aliphatic carbocycles. The Hall–Kier alpha value is -2.70. The first-order valence-electron chi connectivity index (χ1n) is 6.22. The zero-order valence-electron chi connectivity index (χ0n) is 10.5. The molecule has 20 heavy (non-hydrogen) atoms. The average Bonchev–Trinajstić information content (AvgIpc) is 2.86. The molecule has 1 aliphatic rings. The Balaban J connectivity index is 1.80. The van der Waals surface area contributed by atoms with Gasteiger partial charge in [0.15, 0.2) is 0 Å². The molecule has 0 aromatic carbocycles. The standard InChI is InChI=1S/C13H12N4O3/c18-10-5-4-9(12(19)16-10)15-13(20)11-14-7-8-3-1-2-6-17(8)11/h1-3,6-7,9H,4-5H2,(H,15,20)(H,16,18,19). The molecule has 1 aliphatic heterocycles. The number of carbonyl (C=O) groups is 3. The minimum absolute atomic E-state index is 0.213. The summed E-state index contributed by atoms with van der Waals surface area (Å²) in [7, 11) is 0. The lowest BCUT2D eigenvalue weighted by Crippen LogP contribution is -2.52. The van der Waals surface area contributed by atoms with Gasteiger partial charge in [0.2, 0.25) is 17.6 Å². The first-order valence-corrected chi connectivity index (χ1v) is 6.22. The molecule has 0 bridgehead atoms. The van der Waals surface area contributed by atoms with Gasteiger partial charge in [-0.3, -0.25) is 24.1 Å². The zero-order chi connectivity index (χ0) is 14.1. The highest BCUT2D eigenvalue weighted by molar-refractivity contribution is 6.03. The Labute approximate surface area is 114 Å². The van der Waals surface area contributed by atoms with Crippen LogP contribution < -0.4 is 10.6 Å². The molecular formula is C13H12N4O3. The molecular weight excluding hydrogens is 260 g/mol. The molecule has 7 heteroatoms.